The fourth-order valence-electron chi connectivity index (χ4n) is 0.916. The second kappa shape index (κ2) is 7.37. The topological polar surface area (TPSA) is 75.3 Å². The van der Waals surface area contributed by atoms with Gasteiger partial charge in [-0.2, -0.15) is 0 Å². The third-order valence-electron chi connectivity index (χ3n) is 2.08. The monoisotopic (exact) mass is 270 g/mol. The van der Waals surface area contributed by atoms with Crippen LogP contribution in [0.5, 0.6) is 0 Å². The number of nitrogens with one attached hydrogen (secondary N) is 2. The van der Waals surface area contributed by atoms with Gasteiger partial charge in [-0.15, -0.1) is 0 Å². The average Bonchev–Trinajstić information content (AvgIpc) is 2.13. The van der Waals surface area contributed by atoms with Crippen LogP contribution < -0.4 is 10.0 Å². The summed E-state index contributed by atoms with van der Waals surface area (Å²) in [6, 6.07) is 0.275. The molecule has 2 atom stereocenters. The normalized spacial score (nSPS) is 16.3. The largest absolute Gasteiger partial charge is 0.313 e. The van der Waals surface area contributed by atoms with E-state index >= 15 is 0 Å². The summed E-state index contributed by atoms with van der Waals surface area (Å²) in [5, 5.41) is 2.87. The lowest BCUT2D eigenvalue weighted by Crippen LogP contribution is -2.38. The van der Waals surface area contributed by atoms with Gasteiger partial charge in [-0.05, 0) is 6.92 Å². The van der Waals surface area contributed by atoms with Crippen molar-refractivity contribution in [3.05, 3.63) is 0 Å². The minimum atomic E-state index is -3.25. The van der Waals surface area contributed by atoms with Crippen molar-refractivity contribution in [3.63, 3.8) is 0 Å². The maximum absolute atomic E-state index is 11.5. The Bertz CT molecular complexity index is 315. The van der Waals surface area contributed by atoms with Crippen LogP contribution in [0.25, 0.3) is 0 Å². The smallest absolute Gasteiger partial charge is 0.212 e. The summed E-state index contributed by atoms with van der Waals surface area (Å²) in [4.78, 5) is 0. The third-order valence-corrected chi connectivity index (χ3v) is 4.73. The standard InChI is InChI=1S/C9H22N2O3S2/c1-8(2)10-5-6-16(13,14)11-7-9(3)15(4)12/h8-11H,5-7H2,1-4H3. The van der Waals surface area contributed by atoms with Crippen molar-refractivity contribution in [2.24, 2.45) is 0 Å². The Morgan fingerprint density at radius 1 is 1.25 bits per heavy atom. The molecule has 0 aromatic heterocycles. The van der Waals surface area contributed by atoms with Crippen LogP contribution in [-0.4, -0.2) is 49.0 Å². The molecular weight excluding hydrogens is 248 g/mol. The summed E-state index contributed by atoms with van der Waals surface area (Å²) in [5.41, 5.74) is 0. The van der Waals surface area contributed by atoms with E-state index in [9.17, 15) is 12.6 Å². The summed E-state index contributed by atoms with van der Waals surface area (Å²) in [6.07, 6.45) is 1.57. The zero-order valence-corrected chi connectivity index (χ0v) is 12.0. The molecule has 0 aliphatic carbocycles. The van der Waals surface area contributed by atoms with Gasteiger partial charge in [0, 0.05) is 41.4 Å². The van der Waals surface area contributed by atoms with Gasteiger partial charge in [-0.1, -0.05) is 13.8 Å². The Morgan fingerprint density at radius 2 is 1.81 bits per heavy atom. The van der Waals surface area contributed by atoms with E-state index in [0.29, 0.717) is 6.54 Å². The third kappa shape index (κ3) is 8.20. The Kier molecular flexibility index (Phi) is 7.38. The fourth-order valence-corrected chi connectivity index (χ4v) is 2.37. The van der Waals surface area contributed by atoms with E-state index in [4.69, 9.17) is 0 Å². The second-order valence-electron chi connectivity index (χ2n) is 4.09. The van der Waals surface area contributed by atoms with E-state index in [2.05, 4.69) is 10.0 Å². The summed E-state index contributed by atoms with van der Waals surface area (Å²) < 4.78 is 36.5. The van der Waals surface area contributed by atoms with Crippen molar-refractivity contribution >= 4 is 20.8 Å². The first kappa shape index (κ1) is 16.0. The SMILES string of the molecule is CC(C)NCCS(=O)(=O)NCC(C)S(C)=O. The van der Waals surface area contributed by atoms with Crippen LogP contribution in [0, 0.1) is 0 Å². The molecule has 0 radical (unpaired) electrons. The van der Waals surface area contributed by atoms with E-state index < -0.39 is 20.8 Å². The molecule has 0 saturated carbocycles. The molecule has 0 saturated heterocycles. The maximum Gasteiger partial charge on any atom is 0.212 e. The number of sulfonamides is 1. The van der Waals surface area contributed by atoms with Crippen LogP contribution in [0.3, 0.4) is 0 Å². The molecule has 0 fully saturated rings. The molecule has 2 N–H and O–H groups in total. The molecule has 0 amide bonds. The van der Waals surface area contributed by atoms with Gasteiger partial charge in [0.1, 0.15) is 0 Å². The summed E-state index contributed by atoms with van der Waals surface area (Å²) >= 11 is 0. The first-order valence-corrected chi connectivity index (χ1v) is 8.55. The highest BCUT2D eigenvalue weighted by atomic mass is 32.2. The van der Waals surface area contributed by atoms with Crippen molar-refractivity contribution in [1.29, 1.82) is 0 Å². The predicted octanol–water partition coefficient (Wildman–Crippen LogP) is -0.329. The van der Waals surface area contributed by atoms with Crippen LogP contribution in [0.15, 0.2) is 0 Å². The van der Waals surface area contributed by atoms with E-state index in [1.54, 1.807) is 13.2 Å². The zero-order chi connectivity index (χ0) is 12.8. The van der Waals surface area contributed by atoms with Crippen LogP contribution in [0.2, 0.25) is 0 Å². The Balaban J connectivity index is 3.92. The Morgan fingerprint density at radius 3 is 2.25 bits per heavy atom. The van der Waals surface area contributed by atoms with Gasteiger partial charge in [-0.25, -0.2) is 13.1 Å². The van der Waals surface area contributed by atoms with Gasteiger partial charge in [-0.3, -0.25) is 4.21 Å². The molecule has 5 nitrogen and oxygen atoms in total. The van der Waals surface area contributed by atoms with E-state index in [1.165, 1.54) is 0 Å². The molecule has 0 spiro atoms. The number of hydrogen-bond acceptors (Lipinski definition) is 4. The molecule has 0 aliphatic heterocycles. The van der Waals surface area contributed by atoms with E-state index in [1.807, 2.05) is 13.8 Å². The van der Waals surface area contributed by atoms with E-state index in [0.717, 1.165) is 0 Å². The van der Waals surface area contributed by atoms with Crippen LogP contribution in [-0.2, 0) is 20.8 Å². The van der Waals surface area contributed by atoms with Gasteiger partial charge in [0.15, 0.2) is 0 Å². The van der Waals surface area contributed by atoms with Crippen LogP contribution in [0.1, 0.15) is 20.8 Å². The van der Waals surface area contributed by atoms with Crippen molar-refractivity contribution in [2.75, 3.05) is 25.1 Å². The predicted molar refractivity (Wildman–Crippen MR) is 68.5 cm³/mol. The van der Waals surface area contributed by atoms with Crippen molar-refractivity contribution in [2.45, 2.75) is 32.1 Å². The highest BCUT2D eigenvalue weighted by Gasteiger charge is 2.13. The average molecular weight is 270 g/mol. The molecule has 16 heavy (non-hydrogen) atoms. The fraction of sp³-hybridized carbons (Fsp3) is 1.00. The molecule has 98 valence electrons. The molecule has 7 heteroatoms. The second-order valence-corrected chi connectivity index (χ2v) is 7.81. The highest BCUT2D eigenvalue weighted by molar-refractivity contribution is 7.89. The van der Waals surface area contributed by atoms with Crippen molar-refractivity contribution in [1.82, 2.24) is 10.0 Å². The lowest BCUT2D eigenvalue weighted by Gasteiger charge is -2.12. The molecule has 0 heterocycles. The molecular formula is C9H22N2O3S2. The van der Waals surface area contributed by atoms with Crippen molar-refractivity contribution < 1.29 is 12.6 Å². The molecule has 0 rings (SSSR count). The molecule has 0 aromatic rings. The summed E-state index contributed by atoms with van der Waals surface area (Å²) in [6.45, 7) is 6.33. The molecule has 0 aromatic carbocycles. The zero-order valence-electron chi connectivity index (χ0n) is 10.3. The lowest BCUT2D eigenvalue weighted by atomic mass is 10.4. The van der Waals surface area contributed by atoms with Crippen LogP contribution >= 0.6 is 0 Å². The first-order chi connectivity index (χ1) is 7.24. The van der Waals surface area contributed by atoms with Gasteiger partial charge < -0.3 is 5.32 Å². The first-order valence-electron chi connectivity index (χ1n) is 5.27. The lowest BCUT2D eigenvalue weighted by molar-refractivity contribution is 0.566. The summed E-state index contributed by atoms with van der Waals surface area (Å²) in [7, 11) is -4.25. The minimum absolute atomic E-state index is 0.0499. The minimum Gasteiger partial charge on any atom is -0.313 e. The number of rotatable bonds is 8. The van der Waals surface area contributed by atoms with Gasteiger partial charge in [0.25, 0.3) is 0 Å². The van der Waals surface area contributed by atoms with Crippen LogP contribution in [0.4, 0.5) is 0 Å². The Hall–Kier alpha value is 0.0200. The van der Waals surface area contributed by atoms with E-state index in [-0.39, 0.29) is 23.6 Å². The molecule has 0 aliphatic rings. The molecule has 2 unspecified atom stereocenters. The van der Waals surface area contributed by atoms with Crippen molar-refractivity contribution in [3.8, 4) is 0 Å². The maximum atomic E-state index is 11.5. The number of hydrogen-bond donors (Lipinski definition) is 2. The quantitative estimate of drug-likeness (QED) is 0.633. The Labute approximate surface area is 101 Å². The van der Waals surface area contributed by atoms with Gasteiger partial charge in [0.05, 0.1) is 5.75 Å². The highest BCUT2D eigenvalue weighted by Crippen LogP contribution is 1.92. The van der Waals surface area contributed by atoms with Gasteiger partial charge >= 0.3 is 0 Å². The van der Waals surface area contributed by atoms with Gasteiger partial charge in [0.2, 0.25) is 10.0 Å². The molecule has 0 bridgehead atoms. The summed E-state index contributed by atoms with van der Waals surface area (Å²) in [5.74, 6) is 0.0499.